The molecule has 1 unspecified atom stereocenters. The van der Waals surface area contributed by atoms with E-state index in [0.29, 0.717) is 22.0 Å². The summed E-state index contributed by atoms with van der Waals surface area (Å²) in [5.74, 6) is 1.28. The number of benzene rings is 1. The van der Waals surface area contributed by atoms with Crippen LogP contribution in [0.3, 0.4) is 0 Å². The summed E-state index contributed by atoms with van der Waals surface area (Å²) in [7, 11) is 0. The van der Waals surface area contributed by atoms with Crippen molar-refractivity contribution < 1.29 is 4.52 Å². The molecule has 0 N–H and O–H groups in total. The molecule has 1 aromatic carbocycles. The second-order valence-electron chi connectivity index (χ2n) is 6.24. The largest absolute Gasteiger partial charge is 0.338 e. The van der Waals surface area contributed by atoms with Crippen molar-refractivity contribution in [2.45, 2.75) is 57.0 Å². The summed E-state index contributed by atoms with van der Waals surface area (Å²) >= 11 is 1.47. The number of rotatable bonds is 6. The van der Waals surface area contributed by atoms with Crippen LogP contribution >= 0.6 is 11.8 Å². The number of para-hydroxylation sites is 1. The molecule has 3 rings (SSSR count). The molecule has 3 aromatic rings. The van der Waals surface area contributed by atoms with Gasteiger partial charge in [-0.15, -0.1) is 0 Å². The van der Waals surface area contributed by atoms with Gasteiger partial charge in [0.15, 0.2) is 11.0 Å². The van der Waals surface area contributed by atoms with Crippen LogP contribution < -0.4 is 5.56 Å². The topological polar surface area (TPSA) is 73.8 Å². The average Bonchev–Trinajstić information content (AvgIpc) is 3.04. The zero-order valence-corrected chi connectivity index (χ0v) is 15.7. The molecule has 132 valence electrons. The third kappa shape index (κ3) is 3.61. The van der Waals surface area contributed by atoms with E-state index in [0.717, 1.165) is 18.7 Å². The normalized spacial score (nSPS) is 12.8. The van der Waals surface area contributed by atoms with Gasteiger partial charge in [0.25, 0.3) is 5.56 Å². The molecule has 25 heavy (non-hydrogen) atoms. The summed E-state index contributed by atoms with van der Waals surface area (Å²) in [6.07, 6.45) is 1.77. The number of aryl methyl sites for hydroxylation is 1. The van der Waals surface area contributed by atoms with E-state index in [4.69, 9.17) is 9.51 Å². The SMILES string of the molecule is CCCc1noc(C(C)Sc2nc3ccccc3c(=O)n2C(C)C)n1. The molecule has 0 aliphatic rings. The van der Waals surface area contributed by atoms with E-state index in [2.05, 4.69) is 17.1 Å². The van der Waals surface area contributed by atoms with Gasteiger partial charge in [-0.1, -0.05) is 36.0 Å². The lowest BCUT2D eigenvalue weighted by Gasteiger charge is -2.17. The Bertz CT molecular complexity index is 932. The second-order valence-corrected chi connectivity index (χ2v) is 7.55. The van der Waals surface area contributed by atoms with E-state index in [1.807, 2.05) is 45.0 Å². The van der Waals surface area contributed by atoms with Gasteiger partial charge < -0.3 is 4.52 Å². The second kappa shape index (κ2) is 7.39. The van der Waals surface area contributed by atoms with Crippen molar-refractivity contribution >= 4 is 22.7 Å². The monoisotopic (exact) mass is 358 g/mol. The quantitative estimate of drug-likeness (QED) is 0.486. The third-order valence-corrected chi connectivity index (χ3v) is 4.93. The predicted molar refractivity (Wildman–Crippen MR) is 99.0 cm³/mol. The van der Waals surface area contributed by atoms with E-state index in [1.165, 1.54) is 11.8 Å². The Labute approximate surface area is 150 Å². The fraction of sp³-hybridized carbons (Fsp3) is 0.444. The Kier molecular flexibility index (Phi) is 5.22. The van der Waals surface area contributed by atoms with Gasteiger partial charge in [0.05, 0.1) is 16.2 Å². The van der Waals surface area contributed by atoms with Gasteiger partial charge in [-0.3, -0.25) is 9.36 Å². The molecular formula is C18H22N4O2S. The van der Waals surface area contributed by atoms with Gasteiger partial charge in [-0.2, -0.15) is 4.98 Å². The Balaban J connectivity index is 1.99. The minimum absolute atomic E-state index is 0.0117. The Morgan fingerprint density at radius 3 is 2.68 bits per heavy atom. The molecule has 0 radical (unpaired) electrons. The summed E-state index contributed by atoms with van der Waals surface area (Å²) in [4.78, 5) is 22.0. The van der Waals surface area contributed by atoms with Crippen LogP contribution in [0.5, 0.6) is 0 Å². The molecular weight excluding hydrogens is 336 g/mol. The molecule has 2 aromatic heterocycles. The van der Waals surface area contributed by atoms with Crippen molar-refractivity contribution in [3.63, 3.8) is 0 Å². The molecule has 0 saturated heterocycles. The van der Waals surface area contributed by atoms with Crippen molar-refractivity contribution in [2.75, 3.05) is 0 Å². The number of nitrogens with zero attached hydrogens (tertiary/aromatic N) is 4. The maximum absolute atomic E-state index is 12.9. The Hall–Kier alpha value is -2.15. The van der Waals surface area contributed by atoms with Crippen LogP contribution in [0.25, 0.3) is 10.9 Å². The first-order valence-corrected chi connectivity index (χ1v) is 9.39. The van der Waals surface area contributed by atoms with E-state index in [-0.39, 0.29) is 16.9 Å². The first kappa shape index (κ1) is 17.7. The number of thioether (sulfide) groups is 1. The van der Waals surface area contributed by atoms with Crippen LogP contribution in [0.1, 0.15) is 57.1 Å². The number of fused-ring (bicyclic) bond motifs is 1. The summed E-state index contributed by atoms with van der Waals surface area (Å²) < 4.78 is 7.10. The summed E-state index contributed by atoms with van der Waals surface area (Å²) in [6.45, 7) is 8.03. The van der Waals surface area contributed by atoms with Crippen LogP contribution in [-0.4, -0.2) is 19.7 Å². The molecule has 0 amide bonds. The highest BCUT2D eigenvalue weighted by Gasteiger charge is 2.20. The van der Waals surface area contributed by atoms with Crippen molar-refractivity contribution in [1.29, 1.82) is 0 Å². The smallest absolute Gasteiger partial charge is 0.262 e. The summed E-state index contributed by atoms with van der Waals surface area (Å²) in [5, 5.41) is 5.22. The van der Waals surface area contributed by atoms with Crippen molar-refractivity contribution in [2.24, 2.45) is 0 Å². The molecule has 0 saturated carbocycles. The first-order chi connectivity index (χ1) is 12.0. The summed E-state index contributed by atoms with van der Waals surface area (Å²) in [5.41, 5.74) is 0.684. The van der Waals surface area contributed by atoms with E-state index in [1.54, 1.807) is 4.57 Å². The lowest BCUT2D eigenvalue weighted by Crippen LogP contribution is -2.25. The maximum Gasteiger partial charge on any atom is 0.262 e. The molecule has 6 nitrogen and oxygen atoms in total. The minimum Gasteiger partial charge on any atom is -0.338 e. The average molecular weight is 358 g/mol. The fourth-order valence-corrected chi connectivity index (χ4v) is 3.70. The standard InChI is InChI=1S/C18H22N4O2S/c1-5-8-15-20-16(24-21-15)12(4)25-18-19-14-10-7-6-9-13(14)17(23)22(18)11(2)3/h6-7,9-12H,5,8H2,1-4H3. The minimum atomic E-state index is -0.0869. The van der Waals surface area contributed by atoms with Gasteiger partial charge in [-0.05, 0) is 39.3 Å². The Morgan fingerprint density at radius 1 is 1.20 bits per heavy atom. The highest BCUT2D eigenvalue weighted by Crippen LogP contribution is 2.34. The predicted octanol–water partition coefficient (Wildman–Crippen LogP) is 4.17. The molecule has 0 aliphatic carbocycles. The molecule has 0 fully saturated rings. The molecule has 0 spiro atoms. The highest BCUT2D eigenvalue weighted by atomic mass is 32.2. The first-order valence-electron chi connectivity index (χ1n) is 8.51. The Morgan fingerprint density at radius 2 is 1.96 bits per heavy atom. The third-order valence-electron chi connectivity index (χ3n) is 3.88. The number of hydrogen-bond donors (Lipinski definition) is 0. The number of hydrogen-bond acceptors (Lipinski definition) is 6. The van der Waals surface area contributed by atoms with Gasteiger partial charge in [0.2, 0.25) is 5.89 Å². The molecule has 0 aliphatic heterocycles. The van der Waals surface area contributed by atoms with Crippen molar-refractivity contribution in [1.82, 2.24) is 19.7 Å². The maximum atomic E-state index is 12.9. The lowest BCUT2D eigenvalue weighted by atomic mass is 10.2. The van der Waals surface area contributed by atoms with E-state index >= 15 is 0 Å². The zero-order chi connectivity index (χ0) is 18.0. The van der Waals surface area contributed by atoms with Crippen molar-refractivity contribution in [3.8, 4) is 0 Å². The zero-order valence-electron chi connectivity index (χ0n) is 14.9. The molecule has 0 bridgehead atoms. The van der Waals surface area contributed by atoms with Gasteiger partial charge >= 0.3 is 0 Å². The summed E-state index contributed by atoms with van der Waals surface area (Å²) in [6, 6.07) is 7.44. The highest BCUT2D eigenvalue weighted by molar-refractivity contribution is 7.99. The molecule has 2 heterocycles. The van der Waals surface area contributed by atoms with Gasteiger partial charge in [-0.25, -0.2) is 4.98 Å². The van der Waals surface area contributed by atoms with E-state index in [9.17, 15) is 4.79 Å². The van der Waals surface area contributed by atoms with Crippen LogP contribution in [-0.2, 0) is 6.42 Å². The van der Waals surface area contributed by atoms with Gasteiger partial charge in [0, 0.05) is 12.5 Å². The van der Waals surface area contributed by atoms with Crippen LogP contribution in [0.15, 0.2) is 38.7 Å². The van der Waals surface area contributed by atoms with Crippen LogP contribution in [0, 0.1) is 0 Å². The van der Waals surface area contributed by atoms with E-state index < -0.39 is 0 Å². The molecule has 1 atom stereocenters. The molecule has 7 heteroatoms. The fourth-order valence-electron chi connectivity index (χ4n) is 2.63. The van der Waals surface area contributed by atoms with Crippen LogP contribution in [0.4, 0.5) is 0 Å². The number of aromatic nitrogens is 4. The lowest BCUT2D eigenvalue weighted by molar-refractivity contribution is 0.374. The van der Waals surface area contributed by atoms with Crippen LogP contribution in [0.2, 0.25) is 0 Å². The van der Waals surface area contributed by atoms with Crippen molar-refractivity contribution in [3.05, 3.63) is 46.3 Å². The van der Waals surface area contributed by atoms with Gasteiger partial charge in [0.1, 0.15) is 0 Å².